The van der Waals surface area contributed by atoms with Crippen LogP contribution < -0.4 is 10.0 Å². The second kappa shape index (κ2) is 8.32. The van der Waals surface area contributed by atoms with Crippen LogP contribution in [-0.2, 0) is 14.8 Å². The minimum atomic E-state index is -3.89. The quantitative estimate of drug-likeness (QED) is 0.595. The number of aryl methyl sites for hydroxylation is 2. The average Bonchev–Trinajstić information content (AvgIpc) is 2.70. The third-order valence-electron chi connectivity index (χ3n) is 4.37. The number of hydrogen-bond donors (Lipinski definition) is 2. The number of carbonyl (C=O) groups is 1. The van der Waals surface area contributed by atoms with Gasteiger partial charge in [0.25, 0.3) is 10.0 Å². The van der Waals surface area contributed by atoms with Crippen LogP contribution in [0, 0.1) is 13.8 Å². The highest BCUT2D eigenvalue weighted by Gasteiger charge is 2.20. The Labute approximate surface area is 169 Å². The van der Waals surface area contributed by atoms with Crippen LogP contribution in [0.25, 0.3) is 0 Å². The number of aromatic nitrogens is 1. The molecule has 0 fully saturated rings. The molecule has 8 heteroatoms. The van der Waals surface area contributed by atoms with Crippen LogP contribution in [-0.4, -0.2) is 26.5 Å². The van der Waals surface area contributed by atoms with Gasteiger partial charge in [-0.25, -0.2) is 18.2 Å². The number of esters is 1. The third kappa shape index (κ3) is 4.72. The molecule has 2 N–H and O–H groups in total. The van der Waals surface area contributed by atoms with Gasteiger partial charge < -0.3 is 10.1 Å². The van der Waals surface area contributed by atoms with Gasteiger partial charge in [0.2, 0.25) is 0 Å². The van der Waals surface area contributed by atoms with Crippen LogP contribution >= 0.6 is 0 Å². The first-order chi connectivity index (χ1) is 13.8. The summed E-state index contributed by atoms with van der Waals surface area (Å²) in [5.74, 6) is -0.343. The van der Waals surface area contributed by atoms with Gasteiger partial charge >= 0.3 is 5.97 Å². The normalized spacial score (nSPS) is 11.0. The van der Waals surface area contributed by atoms with E-state index in [0.29, 0.717) is 16.9 Å². The molecule has 1 heterocycles. The van der Waals surface area contributed by atoms with E-state index in [2.05, 4.69) is 15.0 Å². The molecule has 1 aromatic heterocycles. The molecule has 7 nitrogen and oxygen atoms in total. The molecule has 0 spiro atoms. The van der Waals surface area contributed by atoms with Crippen molar-refractivity contribution in [2.75, 3.05) is 17.1 Å². The van der Waals surface area contributed by atoms with Gasteiger partial charge in [0.15, 0.2) is 5.82 Å². The molecular formula is C21H21N3O4S. The maximum atomic E-state index is 13.0. The number of anilines is 3. The number of hydrogen-bond acceptors (Lipinski definition) is 6. The van der Waals surface area contributed by atoms with Gasteiger partial charge in [-0.1, -0.05) is 12.1 Å². The van der Waals surface area contributed by atoms with Crippen molar-refractivity contribution in [1.82, 2.24) is 4.98 Å². The van der Waals surface area contributed by atoms with Gasteiger partial charge in [0.1, 0.15) is 4.90 Å². The molecule has 2 aromatic carbocycles. The summed E-state index contributed by atoms with van der Waals surface area (Å²) in [7, 11) is -2.60. The topological polar surface area (TPSA) is 97.4 Å². The number of pyridine rings is 1. The monoisotopic (exact) mass is 411 g/mol. The smallest absolute Gasteiger partial charge is 0.337 e. The molecule has 150 valence electrons. The van der Waals surface area contributed by atoms with Crippen LogP contribution in [0.1, 0.15) is 21.5 Å². The van der Waals surface area contributed by atoms with Gasteiger partial charge in [0, 0.05) is 17.6 Å². The maximum Gasteiger partial charge on any atom is 0.337 e. The Morgan fingerprint density at radius 1 is 0.966 bits per heavy atom. The Morgan fingerprint density at radius 2 is 1.76 bits per heavy atom. The summed E-state index contributed by atoms with van der Waals surface area (Å²) in [4.78, 5) is 15.9. The van der Waals surface area contributed by atoms with Gasteiger partial charge in [-0.2, -0.15) is 0 Å². The number of nitrogens with one attached hydrogen (secondary N) is 2. The zero-order chi connectivity index (χ0) is 21.0. The molecule has 0 aliphatic carbocycles. The lowest BCUT2D eigenvalue weighted by Gasteiger charge is -2.14. The first kappa shape index (κ1) is 20.3. The second-order valence-corrected chi connectivity index (χ2v) is 8.10. The molecule has 0 bridgehead atoms. The number of carbonyl (C=O) groups excluding carboxylic acids is 1. The van der Waals surface area contributed by atoms with Gasteiger partial charge in [-0.05, 0) is 67.4 Å². The van der Waals surface area contributed by atoms with E-state index < -0.39 is 16.0 Å². The molecule has 29 heavy (non-hydrogen) atoms. The zero-order valence-electron chi connectivity index (χ0n) is 16.3. The largest absolute Gasteiger partial charge is 0.465 e. The van der Waals surface area contributed by atoms with E-state index in [0.717, 1.165) is 11.1 Å². The number of benzene rings is 2. The number of ether oxygens (including phenoxy) is 1. The van der Waals surface area contributed by atoms with Crippen LogP contribution in [0.2, 0.25) is 0 Å². The lowest BCUT2D eigenvalue weighted by molar-refractivity contribution is 0.0601. The molecule has 0 radical (unpaired) electrons. The molecule has 0 amide bonds. The Kier molecular flexibility index (Phi) is 5.84. The highest BCUT2D eigenvalue weighted by atomic mass is 32.2. The predicted molar refractivity (Wildman–Crippen MR) is 112 cm³/mol. The first-order valence-electron chi connectivity index (χ1n) is 8.80. The van der Waals surface area contributed by atoms with Crippen molar-refractivity contribution in [2.24, 2.45) is 0 Å². The molecule has 3 aromatic rings. The standard InChI is InChI=1S/C21H21N3O4S/c1-14-9-10-18(12-15(14)2)24-29(26,27)19-8-5-11-22-20(19)23-17-7-4-6-16(13-17)21(25)28-3/h4-13,24H,1-3H3,(H,22,23). The zero-order valence-corrected chi connectivity index (χ0v) is 17.1. The van der Waals surface area contributed by atoms with Crippen molar-refractivity contribution in [2.45, 2.75) is 18.7 Å². The summed E-state index contributed by atoms with van der Waals surface area (Å²) < 4.78 is 33.2. The van der Waals surface area contributed by atoms with E-state index in [1.807, 2.05) is 19.9 Å². The number of methoxy groups -OCH3 is 1. The molecule has 0 atom stereocenters. The van der Waals surface area contributed by atoms with Crippen molar-refractivity contribution in [3.05, 3.63) is 77.5 Å². The van der Waals surface area contributed by atoms with E-state index >= 15 is 0 Å². The van der Waals surface area contributed by atoms with Crippen LogP contribution in [0.15, 0.2) is 65.7 Å². The lowest BCUT2D eigenvalue weighted by atomic mass is 10.1. The minimum Gasteiger partial charge on any atom is -0.465 e. The van der Waals surface area contributed by atoms with Crippen molar-refractivity contribution in [1.29, 1.82) is 0 Å². The van der Waals surface area contributed by atoms with Crippen molar-refractivity contribution >= 4 is 33.2 Å². The van der Waals surface area contributed by atoms with E-state index in [9.17, 15) is 13.2 Å². The Morgan fingerprint density at radius 3 is 2.48 bits per heavy atom. The molecule has 3 rings (SSSR count). The van der Waals surface area contributed by atoms with Gasteiger partial charge in [-0.3, -0.25) is 4.72 Å². The highest BCUT2D eigenvalue weighted by molar-refractivity contribution is 7.92. The van der Waals surface area contributed by atoms with Gasteiger partial charge in [0.05, 0.1) is 12.7 Å². The lowest BCUT2D eigenvalue weighted by Crippen LogP contribution is -2.15. The Bertz CT molecular complexity index is 1160. The molecular weight excluding hydrogens is 390 g/mol. The minimum absolute atomic E-state index is 0.0123. The van der Waals surface area contributed by atoms with Crippen molar-refractivity contribution < 1.29 is 17.9 Å². The van der Waals surface area contributed by atoms with Crippen LogP contribution in [0.3, 0.4) is 0 Å². The van der Waals surface area contributed by atoms with Crippen LogP contribution in [0.4, 0.5) is 17.2 Å². The summed E-state index contributed by atoms with van der Waals surface area (Å²) in [6.45, 7) is 3.87. The molecule has 0 saturated heterocycles. The maximum absolute atomic E-state index is 13.0. The van der Waals surface area contributed by atoms with E-state index in [1.54, 1.807) is 42.5 Å². The summed E-state index contributed by atoms with van der Waals surface area (Å²) in [5, 5.41) is 2.97. The van der Waals surface area contributed by atoms with E-state index in [-0.39, 0.29) is 10.7 Å². The summed E-state index contributed by atoms with van der Waals surface area (Å²) in [5.41, 5.74) is 3.37. The number of nitrogens with zero attached hydrogens (tertiary/aromatic N) is 1. The average molecular weight is 411 g/mol. The Balaban J connectivity index is 1.92. The molecule has 0 aliphatic rings. The van der Waals surface area contributed by atoms with E-state index in [4.69, 9.17) is 4.74 Å². The summed E-state index contributed by atoms with van der Waals surface area (Å²) >= 11 is 0. The summed E-state index contributed by atoms with van der Waals surface area (Å²) in [6, 6.07) is 14.9. The third-order valence-corrected chi connectivity index (χ3v) is 5.78. The Hall–Kier alpha value is -3.39. The van der Waals surface area contributed by atoms with Crippen molar-refractivity contribution in [3.63, 3.8) is 0 Å². The molecule has 0 saturated carbocycles. The fraction of sp³-hybridized carbons (Fsp3) is 0.143. The number of sulfonamides is 1. The SMILES string of the molecule is COC(=O)c1cccc(Nc2ncccc2S(=O)(=O)Nc2ccc(C)c(C)c2)c1. The number of rotatable bonds is 6. The molecule has 0 aliphatic heterocycles. The summed E-state index contributed by atoms with van der Waals surface area (Å²) in [6.07, 6.45) is 1.49. The predicted octanol–water partition coefficient (Wildman–Crippen LogP) is 4.03. The van der Waals surface area contributed by atoms with Crippen LogP contribution in [0.5, 0.6) is 0 Å². The second-order valence-electron chi connectivity index (χ2n) is 6.45. The first-order valence-corrected chi connectivity index (χ1v) is 10.3. The highest BCUT2D eigenvalue weighted by Crippen LogP contribution is 2.26. The fourth-order valence-corrected chi connectivity index (χ4v) is 3.86. The molecule has 0 unspecified atom stereocenters. The van der Waals surface area contributed by atoms with Crippen molar-refractivity contribution in [3.8, 4) is 0 Å². The fourth-order valence-electron chi connectivity index (χ4n) is 2.69. The van der Waals surface area contributed by atoms with E-state index in [1.165, 1.54) is 19.4 Å². The van der Waals surface area contributed by atoms with Gasteiger partial charge in [-0.15, -0.1) is 0 Å².